The van der Waals surface area contributed by atoms with Gasteiger partial charge in [-0.25, -0.2) is 4.39 Å². The number of rotatable bonds is 5. The molecule has 4 aromatic rings. The fourth-order valence-corrected chi connectivity index (χ4v) is 4.30. The van der Waals surface area contributed by atoms with Gasteiger partial charge in [0.2, 0.25) is 0 Å². The van der Waals surface area contributed by atoms with Crippen LogP contribution in [0, 0.1) is 5.82 Å². The molecule has 7 heteroatoms. The molecular weight excluding hydrogens is 407 g/mol. The Bertz CT molecular complexity index is 1250. The molecular formula is C25H25FN4O2. The summed E-state index contributed by atoms with van der Waals surface area (Å²) >= 11 is 0. The van der Waals surface area contributed by atoms with Crippen LogP contribution in [0.3, 0.4) is 0 Å². The number of nitrogens with zero attached hydrogens (tertiary/aromatic N) is 3. The molecule has 1 aliphatic heterocycles. The molecule has 2 aromatic heterocycles. The number of nitrogens with one attached hydrogen (secondary N) is 1. The summed E-state index contributed by atoms with van der Waals surface area (Å²) < 4.78 is 23.9. The fourth-order valence-electron chi connectivity index (χ4n) is 4.30. The van der Waals surface area contributed by atoms with Crippen LogP contribution in [0.5, 0.6) is 0 Å². The van der Waals surface area contributed by atoms with Crippen LogP contribution in [-0.2, 0) is 18.3 Å². The minimum absolute atomic E-state index is 0.0403. The van der Waals surface area contributed by atoms with Gasteiger partial charge in [-0.05, 0) is 36.1 Å². The van der Waals surface area contributed by atoms with Crippen LogP contribution in [0.1, 0.15) is 28.8 Å². The zero-order valence-electron chi connectivity index (χ0n) is 17.9. The Morgan fingerprint density at radius 1 is 1.19 bits per heavy atom. The van der Waals surface area contributed by atoms with Crippen molar-refractivity contribution in [1.29, 1.82) is 0 Å². The quantitative estimate of drug-likeness (QED) is 0.516. The number of aromatic nitrogens is 3. The molecule has 1 aliphatic rings. The molecule has 0 aliphatic carbocycles. The molecule has 3 heterocycles. The third-order valence-electron chi connectivity index (χ3n) is 5.94. The summed E-state index contributed by atoms with van der Waals surface area (Å²) in [6, 6.07) is 13.1. The number of aryl methyl sites for hydroxylation is 1. The highest BCUT2D eigenvalue weighted by Gasteiger charge is 2.22. The fraction of sp³-hybridized carbons (Fsp3) is 0.280. The Hall–Kier alpha value is -3.45. The average molecular weight is 432 g/mol. The summed E-state index contributed by atoms with van der Waals surface area (Å²) in [7, 11) is 1.89. The molecule has 1 amide bonds. The first kappa shape index (κ1) is 20.5. The molecule has 0 saturated carbocycles. The summed E-state index contributed by atoms with van der Waals surface area (Å²) in [5, 5.41) is 7.58. The number of carbonyl (C=O) groups excluding carboxylic acids is 1. The normalized spacial score (nSPS) is 16.4. The summed E-state index contributed by atoms with van der Waals surface area (Å²) in [6.07, 6.45) is 7.34. The Kier molecular flexibility index (Phi) is 5.49. The van der Waals surface area contributed by atoms with E-state index in [1.165, 1.54) is 6.07 Å². The summed E-state index contributed by atoms with van der Waals surface area (Å²) in [4.78, 5) is 13.0. The van der Waals surface area contributed by atoms with Gasteiger partial charge in [-0.1, -0.05) is 30.3 Å². The maximum Gasteiger partial charge on any atom is 0.253 e. The van der Waals surface area contributed by atoms with E-state index < -0.39 is 5.82 Å². The zero-order chi connectivity index (χ0) is 22.1. The number of ether oxygens (including phenoxy) is 1. The van der Waals surface area contributed by atoms with E-state index in [0.717, 1.165) is 36.1 Å². The van der Waals surface area contributed by atoms with Gasteiger partial charge in [0, 0.05) is 43.5 Å². The van der Waals surface area contributed by atoms with Gasteiger partial charge in [-0.2, -0.15) is 5.10 Å². The third kappa shape index (κ3) is 4.03. The molecule has 6 nitrogen and oxygen atoms in total. The molecule has 1 unspecified atom stereocenters. The van der Waals surface area contributed by atoms with E-state index in [4.69, 9.17) is 4.74 Å². The Labute approximate surface area is 185 Å². The van der Waals surface area contributed by atoms with Crippen molar-refractivity contribution in [3.05, 3.63) is 78.0 Å². The zero-order valence-corrected chi connectivity index (χ0v) is 17.9. The van der Waals surface area contributed by atoms with Gasteiger partial charge in [0.1, 0.15) is 5.82 Å². The largest absolute Gasteiger partial charge is 0.379 e. The van der Waals surface area contributed by atoms with Gasteiger partial charge in [0.15, 0.2) is 0 Å². The van der Waals surface area contributed by atoms with Gasteiger partial charge in [0.05, 0.1) is 29.9 Å². The standard InChI is InChI=1S/C25H25FN4O2/c1-29-14-19(12-27-29)18-9-7-17(8-10-18)13-30-15-21(24-22(26)5-2-6-23(24)30)25(31)28-20-4-3-11-32-16-20/h2,5-10,12,14-15,20H,3-4,11,13,16H2,1H3,(H,28,31). The molecule has 1 fully saturated rings. The highest BCUT2D eigenvalue weighted by Crippen LogP contribution is 2.26. The number of fused-ring (bicyclic) bond motifs is 1. The number of carbonyl (C=O) groups is 1. The van der Waals surface area contributed by atoms with Crippen LogP contribution < -0.4 is 5.32 Å². The van der Waals surface area contributed by atoms with Crippen LogP contribution >= 0.6 is 0 Å². The molecule has 2 aromatic carbocycles. The van der Waals surface area contributed by atoms with Crippen molar-refractivity contribution in [2.24, 2.45) is 7.05 Å². The van der Waals surface area contributed by atoms with E-state index in [9.17, 15) is 9.18 Å². The number of halogens is 1. The van der Waals surface area contributed by atoms with Crippen molar-refractivity contribution < 1.29 is 13.9 Å². The molecule has 0 spiro atoms. The van der Waals surface area contributed by atoms with Crippen molar-refractivity contribution >= 4 is 16.8 Å². The first-order chi connectivity index (χ1) is 15.6. The van der Waals surface area contributed by atoms with Gasteiger partial charge < -0.3 is 14.6 Å². The maximum absolute atomic E-state index is 14.8. The van der Waals surface area contributed by atoms with Crippen molar-refractivity contribution in [3.8, 4) is 11.1 Å². The highest BCUT2D eigenvalue weighted by atomic mass is 19.1. The first-order valence-electron chi connectivity index (χ1n) is 10.8. The van der Waals surface area contributed by atoms with Gasteiger partial charge in [-0.3, -0.25) is 9.48 Å². The van der Waals surface area contributed by atoms with E-state index in [1.54, 1.807) is 16.9 Å². The van der Waals surface area contributed by atoms with Gasteiger partial charge in [-0.15, -0.1) is 0 Å². The Morgan fingerprint density at radius 2 is 2.03 bits per heavy atom. The van der Waals surface area contributed by atoms with E-state index in [0.29, 0.717) is 29.6 Å². The topological polar surface area (TPSA) is 61.1 Å². The van der Waals surface area contributed by atoms with Crippen LogP contribution in [0.4, 0.5) is 4.39 Å². The minimum Gasteiger partial charge on any atom is -0.379 e. The molecule has 32 heavy (non-hydrogen) atoms. The highest BCUT2D eigenvalue weighted by molar-refractivity contribution is 6.07. The Morgan fingerprint density at radius 3 is 2.75 bits per heavy atom. The first-order valence-corrected chi connectivity index (χ1v) is 10.8. The SMILES string of the molecule is Cn1cc(-c2ccc(Cn3cc(C(=O)NC4CCCOC4)c4c(F)cccc43)cc2)cn1. The minimum atomic E-state index is -0.391. The van der Waals surface area contributed by atoms with Gasteiger partial charge in [0.25, 0.3) is 5.91 Å². The van der Waals surface area contributed by atoms with E-state index in [1.807, 2.05) is 42.2 Å². The summed E-state index contributed by atoms with van der Waals surface area (Å²) in [5.41, 5.74) is 4.26. The number of benzene rings is 2. The lowest BCUT2D eigenvalue weighted by molar-refractivity contribution is 0.0624. The lowest BCUT2D eigenvalue weighted by Crippen LogP contribution is -2.40. The predicted octanol–water partition coefficient (Wildman–Crippen LogP) is 4.14. The Balaban J connectivity index is 1.43. The molecule has 0 bridgehead atoms. The van der Waals surface area contributed by atoms with Crippen LogP contribution in [-0.4, -0.2) is 39.5 Å². The lowest BCUT2D eigenvalue weighted by atomic mass is 10.1. The van der Waals surface area contributed by atoms with Crippen molar-refractivity contribution in [2.75, 3.05) is 13.2 Å². The van der Waals surface area contributed by atoms with Crippen molar-refractivity contribution in [3.63, 3.8) is 0 Å². The van der Waals surface area contributed by atoms with Crippen LogP contribution in [0.15, 0.2) is 61.1 Å². The van der Waals surface area contributed by atoms with Crippen molar-refractivity contribution in [1.82, 2.24) is 19.7 Å². The van der Waals surface area contributed by atoms with Crippen LogP contribution in [0.25, 0.3) is 22.0 Å². The smallest absolute Gasteiger partial charge is 0.253 e. The third-order valence-corrected chi connectivity index (χ3v) is 5.94. The molecule has 1 N–H and O–H groups in total. The second-order valence-electron chi connectivity index (χ2n) is 8.29. The molecule has 1 atom stereocenters. The predicted molar refractivity (Wildman–Crippen MR) is 121 cm³/mol. The van der Waals surface area contributed by atoms with E-state index >= 15 is 0 Å². The van der Waals surface area contributed by atoms with Gasteiger partial charge >= 0.3 is 0 Å². The lowest BCUT2D eigenvalue weighted by Gasteiger charge is -2.22. The summed E-state index contributed by atoms with van der Waals surface area (Å²) in [6.45, 7) is 1.75. The van der Waals surface area contributed by atoms with Crippen LogP contribution in [0.2, 0.25) is 0 Å². The number of hydrogen-bond acceptors (Lipinski definition) is 3. The maximum atomic E-state index is 14.8. The monoisotopic (exact) mass is 432 g/mol. The summed E-state index contributed by atoms with van der Waals surface area (Å²) in [5.74, 6) is -0.653. The molecule has 164 valence electrons. The molecule has 0 radical (unpaired) electrons. The average Bonchev–Trinajstić information content (AvgIpc) is 3.40. The molecule has 1 saturated heterocycles. The molecule has 5 rings (SSSR count). The van der Waals surface area contributed by atoms with Crippen molar-refractivity contribution in [2.45, 2.75) is 25.4 Å². The second kappa shape index (κ2) is 8.59. The number of amides is 1. The van der Waals surface area contributed by atoms with E-state index in [-0.39, 0.29) is 11.9 Å². The second-order valence-corrected chi connectivity index (χ2v) is 8.29. The number of hydrogen-bond donors (Lipinski definition) is 1. The van der Waals surface area contributed by atoms with E-state index in [2.05, 4.69) is 22.5 Å².